The summed E-state index contributed by atoms with van der Waals surface area (Å²) in [5.74, 6) is -3.42. The van der Waals surface area contributed by atoms with Gasteiger partial charge in [0.1, 0.15) is 10.7 Å². The fourth-order valence-electron chi connectivity index (χ4n) is 1.49. The number of hydrogen-bond donors (Lipinski definition) is 2. The van der Waals surface area contributed by atoms with Gasteiger partial charge in [0.05, 0.1) is 18.3 Å². The monoisotopic (exact) mass is 322 g/mol. The number of carbonyl (C=O) groups is 1. The van der Waals surface area contributed by atoms with Crippen molar-refractivity contribution in [1.82, 2.24) is 5.32 Å². The summed E-state index contributed by atoms with van der Waals surface area (Å²) in [6.07, 6.45) is -0.0400. The Hall–Kier alpha value is -1.58. The Morgan fingerprint density at radius 2 is 2.00 bits per heavy atom. The third-order valence-corrected chi connectivity index (χ3v) is 3.30. The predicted octanol–water partition coefficient (Wildman–Crippen LogP) is 0.767. The fraction of sp³-hybridized carbons (Fsp3) is 0.417. The van der Waals surface area contributed by atoms with Gasteiger partial charge in [0.25, 0.3) is 5.91 Å². The van der Waals surface area contributed by atoms with E-state index in [0.29, 0.717) is 12.1 Å². The highest BCUT2D eigenvalue weighted by Gasteiger charge is 2.23. The van der Waals surface area contributed by atoms with Crippen molar-refractivity contribution in [3.05, 3.63) is 29.3 Å². The number of carbonyl (C=O) groups excluding carboxylic acids is 1. The maximum Gasteiger partial charge on any atom is 0.254 e. The number of nitrogens with one attached hydrogen (secondary N) is 1. The van der Waals surface area contributed by atoms with E-state index >= 15 is 0 Å². The van der Waals surface area contributed by atoms with Crippen LogP contribution in [0.3, 0.4) is 0 Å². The summed E-state index contributed by atoms with van der Waals surface area (Å²) >= 11 is 0. The molecule has 118 valence electrons. The minimum absolute atomic E-state index is 0.0400. The van der Waals surface area contributed by atoms with Gasteiger partial charge in [-0.3, -0.25) is 4.79 Å². The maximum absolute atomic E-state index is 13.9. The lowest BCUT2D eigenvalue weighted by atomic mass is 10.2. The Morgan fingerprint density at radius 3 is 2.52 bits per heavy atom. The van der Waals surface area contributed by atoms with E-state index in [1.807, 2.05) is 0 Å². The third-order valence-electron chi connectivity index (χ3n) is 2.39. The number of amides is 1. The highest BCUT2D eigenvalue weighted by Crippen LogP contribution is 2.19. The molecule has 21 heavy (non-hydrogen) atoms. The molecular weight excluding hydrogens is 306 g/mol. The topological polar surface area (TPSA) is 98.5 Å². The molecule has 1 aromatic carbocycles. The molecule has 0 unspecified atom stereocenters. The first-order chi connectivity index (χ1) is 9.62. The minimum atomic E-state index is -4.47. The smallest absolute Gasteiger partial charge is 0.254 e. The maximum atomic E-state index is 13.9. The summed E-state index contributed by atoms with van der Waals surface area (Å²) in [6, 6.07) is 1.02. The zero-order valence-corrected chi connectivity index (χ0v) is 12.3. The Balaban J connectivity index is 2.93. The van der Waals surface area contributed by atoms with Crippen molar-refractivity contribution < 1.29 is 26.7 Å². The molecule has 6 nitrogen and oxygen atoms in total. The van der Waals surface area contributed by atoms with Crippen LogP contribution >= 0.6 is 0 Å². The average molecular weight is 322 g/mol. The van der Waals surface area contributed by atoms with Gasteiger partial charge in [0.2, 0.25) is 10.0 Å². The quantitative estimate of drug-likeness (QED) is 0.756. The lowest BCUT2D eigenvalue weighted by Crippen LogP contribution is -2.29. The lowest BCUT2D eigenvalue weighted by Gasteiger charge is -2.10. The van der Waals surface area contributed by atoms with E-state index in [1.165, 1.54) is 0 Å². The van der Waals surface area contributed by atoms with Crippen LogP contribution in [0.2, 0.25) is 0 Å². The van der Waals surface area contributed by atoms with E-state index in [-0.39, 0.29) is 19.3 Å². The normalized spacial score (nSPS) is 11.7. The van der Waals surface area contributed by atoms with E-state index in [1.54, 1.807) is 13.8 Å². The van der Waals surface area contributed by atoms with Crippen molar-refractivity contribution in [2.45, 2.75) is 24.8 Å². The molecular formula is C12H16F2N2O4S. The summed E-state index contributed by atoms with van der Waals surface area (Å²) in [4.78, 5) is 10.7. The second-order valence-corrected chi connectivity index (χ2v) is 6.02. The molecule has 0 radical (unpaired) electrons. The molecule has 0 fully saturated rings. The van der Waals surface area contributed by atoms with Crippen LogP contribution in [-0.2, 0) is 14.8 Å². The van der Waals surface area contributed by atoms with Crippen molar-refractivity contribution >= 4 is 15.9 Å². The van der Waals surface area contributed by atoms with Gasteiger partial charge in [-0.1, -0.05) is 0 Å². The average Bonchev–Trinajstić information content (AvgIpc) is 2.35. The van der Waals surface area contributed by atoms with Crippen LogP contribution in [0.15, 0.2) is 17.0 Å². The molecule has 0 aromatic heterocycles. The molecule has 9 heteroatoms. The number of halogens is 2. The molecule has 0 saturated heterocycles. The molecule has 1 rings (SSSR count). The highest BCUT2D eigenvalue weighted by atomic mass is 32.2. The van der Waals surface area contributed by atoms with Crippen LogP contribution < -0.4 is 10.5 Å². The molecule has 0 aliphatic rings. The number of nitrogens with two attached hydrogens (primary N) is 1. The molecule has 0 aliphatic heterocycles. The van der Waals surface area contributed by atoms with Gasteiger partial charge in [-0.05, 0) is 26.0 Å². The molecule has 0 atom stereocenters. The van der Waals surface area contributed by atoms with Crippen LogP contribution in [0, 0.1) is 11.6 Å². The summed E-state index contributed by atoms with van der Waals surface area (Å²) in [7, 11) is -4.47. The largest absolute Gasteiger partial charge is 0.377 e. The third kappa shape index (κ3) is 5.03. The molecule has 0 spiro atoms. The Labute approximate surface area is 121 Å². The van der Waals surface area contributed by atoms with E-state index < -0.39 is 38.0 Å². The van der Waals surface area contributed by atoms with Crippen molar-refractivity contribution in [3.8, 4) is 0 Å². The number of ether oxygens (including phenoxy) is 1. The first kappa shape index (κ1) is 17.5. The van der Waals surface area contributed by atoms with Crippen molar-refractivity contribution in [2.75, 3.05) is 13.2 Å². The first-order valence-electron chi connectivity index (χ1n) is 6.04. The summed E-state index contributed by atoms with van der Waals surface area (Å²) in [5, 5.41) is 7.06. The first-order valence-corrected chi connectivity index (χ1v) is 7.59. The Kier molecular flexibility index (Phi) is 5.76. The summed E-state index contributed by atoms with van der Waals surface area (Å²) < 4.78 is 54.7. The van der Waals surface area contributed by atoms with E-state index in [9.17, 15) is 22.0 Å². The second kappa shape index (κ2) is 6.92. The van der Waals surface area contributed by atoms with E-state index in [4.69, 9.17) is 9.88 Å². The lowest BCUT2D eigenvalue weighted by molar-refractivity contribution is 0.0744. The summed E-state index contributed by atoms with van der Waals surface area (Å²) in [6.45, 7) is 3.85. The van der Waals surface area contributed by atoms with Crippen molar-refractivity contribution in [3.63, 3.8) is 0 Å². The molecule has 0 bridgehead atoms. The van der Waals surface area contributed by atoms with Gasteiger partial charge in [-0.2, -0.15) is 0 Å². The SMILES string of the molecule is CC(C)OCCNC(=O)c1cc(F)cc(S(N)(=O)=O)c1F. The molecule has 0 saturated carbocycles. The Bertz CT molecular complexity index is 632. The number of rotatable bonds is 6. The van der Waals surface area contributed by atoms with E-state index in [0.717, 1.165) is 0 Å². The second-order valence-electron chi connectivity index (χ2n) is 4.49. The minimum Gasteiger partial charge on any atom is -0.377 e. The number of sulfonamides is 1. The predicted molar refractivity (Wildman–Crippen MR) is 71.2 cm³/mol. The van der Waals surface area contributed by atoms with Gasteiger partial charge in [-0.15, -0.1) is 0 Å². The molecule has 3 N–H and O–H groups in total. The number of hydrogen-bond acceptors (Lipinski definition) is 4. The number of primary sulfonamides is 1. The van der Waals surface area contributed by atoms with Crippen LogP contribution in [0.1, 0.15) is 24.2 Å². The van der Waals surface area contributed by atoms with Crippen LogP contribution in [0.4, 0.5) is 8.78 Å². The molecule has 1 amide bonds. The van der Waals surface area contributed by atoms with Gasteiger partial charge < -0.3 is 10.1 Å². The van der Waals surface area contributed by atoms with Gasteiger partial charge >= 0.3 is 0 Å². The molecule has 0 heterocycles. The highest BCUT2D eigenvalue weighted by molar-refractivity contribution is 7.89. The standard InChI is InChI=1S/C12H16F2N2O4S/c1-7(2)20-4-3-16-12(17)9-5-8(13)6-10(11(9)14)21(15,18)19/h5-7H,3-4H2,1-2H3,(H,16,17)(H2,15,18,19). The van der Waals surface area contributed by atoms with Gasteiger partial charge in [0.15, 0.2) is 5.82 Å². The van der Waals surface area contributed by atoms with Crippen LogP contribution in [-0.4, -0.2) is 33.6 Å². The van der Waals surface area contributed by atoms with Crippen LogP contribution in [0.5, 0.6) is 0 Å². The zero-order chi connectivity index (χ0) is 16.2. The van der Waals surface area contributed by atoms with Crippen molar-refractivity contribution in [2.24, 2.45) is 5.14 Å². The Morgan fingerprint density at radius 1 is 1.38 bits per heavy atom. The molecule has 0 aliphatic carbocycles. The van der Waals surface area contributed by atoms with Crippen LogP contribution in [0.25, 0.3) is 0 Å². The zero-order valence-electron chi connectivity index (χ0n) is 11.5. The summed E-state index contributed by atoms with van der Waals surface area (Å²) in [5.41, 5.74) is -0.733. The van der Waals surface area contributed by atoms with E-state index in [2.05, 4.69) is 5.32 Å². The van der Waals surface area contributed by atoms with Gasteiger partial charge in [-0.25, -0.2) is 22.3 Å². The fourth-order valence-corrected chi connectivity index (χ4v) is 2.13. The van der Waals surface area contributed by atoms with Gasteiger partial charge in [0, 0.05) is 6.54 Å². The molecule has 1 aromatic rings. The van der Waals surface area contributed by atoms with Crippen molar-refractivity contribution in [1.29, 1.82) is 0 Å². The number of benzene rings is 1.